The summed E-state index contributed by atoms with van der Waals surface area (Å²) in [7, 11) is 0. The third kappa shape index (κ3) is 5.84. The van der Waals surface area contributed by atoms with Crippen molar-refractivity contribution in [1.82, 2.24) is 0 Å². The van der Waals surface area contributed by atoms with Gasteiger partial charge in [0, 0.05) is 15.4 Å². The van der Waals surface area contributed by atoms with E-state index in [4.69, 9.17) is 4.99 Å². The van der Waals surface area contributed by atoms with Gasteiger partial charge < -0.3 is 0 Å². The first-order valence-electron chi connectivity index (χ1n) is 25.8. The Hall–Kier alpha value is -8.30. The number of fused-ring (bicyclic) bond motifs is 18. The largest absolute Gasteiger partial charge is 0.251 e. The maximum absolute atomic E-state index is 5.67. The fourth-order valence-electron chi connectivity index (χ4n) is 13.9. The molecular weight excluding hydrogens is 899 g/mol. The van der Waals surface area contributed by atoms with Crippen LogP contribution in [-0.4, -0.2) is 5.71 Å². The monoisotopic (exact) mass is 947 g/mol. The SMILES string of the molecule is CCCC1(c2ccc3c(ccc4ccccc43)c2)C=C(c2cccc(-c3ccc4c(c3)Sc3ccccc3C43c4ccccc4C4(c5ccccc5-c5ccccc54)c4ccccc43)c2)N=C1c1ccccc1. The van der Waals surface area contributed by atoms with Gasteiger partial charge in [-0.05, 0) is 136 Å². The van der Waals surface area contributed by atoms with Crippen LogP contribution in [0.4, 0.5) is 0 Å². The second kappa shape index (κ2) is 16.1. The summed E-state index contributed by atoms with van der Waals surface area (Å²) in [5, 5.41) is 5.09. The zero-order valence-corrected chi connectivity index (χ0v) is 41.3. The number of aliphatic imine (C=N–C) groups is 1. The smallest absolute Gasteiger partial charge is 0.0729 e. The second-order valence-corrected chi connectivity index (χ2v) is 21.5. The number of hydrogen-bond acceptors (Lipinski definition) is 2. The molecule has 0 saturated carbocycles. The van der Waals surface area contributed by atoms with Crippen molar-refractivity contribution >= 4 is 44.7 Å². The second-order valence-electron chi connectivity index (χ2n) is 20.4. The summed E-state index contributed by atoms with van der Waals surface area (Å²) in [6.45, 7) is 2.30. The van der Waals surface area contributed by atoms with Crippen LogP contribution in [0.2, 0.25) is 0 Å². The molecule has 0 aromatic heterocycles. The van der Waals surface area contributed by atoms with E-state index in [1.54, 1.807) is 0 Å². The Morgan fingerprint density at radius 3 is 1.62 bits per heavy atom. The highest BCUT2D eigenvalue weighted by molar-refractivity contribution is 7.99. The van der Waals surface area contributed by atoms with Gasteiger partial charge in [-0.2, -0.15) is 0 Å². The van der Waals surface area contributed by atoms with Gasteiger partial charge in [-0.25, -0.2) is 0 Å². The van der Waals surface area contributed by atoms with Crippen LogP contribution in [0.5, 0.6) is 0 Å². The quantitative estimate of drug-likeness (QED) is 0.151. The Morgan fingerprint density at radius 1 is 0.370 bits per heavy atom. The van der Waals surface area contributed by atoms with E-state index in [2.05, 4.69) is 262 Å². The van der Waals surface area contributed by atoms with Crippen molar-refractivity contribution in [3.05, 3.63) is 316 Å². The van der Waals surface area contributed by atoms with E-state index in [-0.39, 0.29) is 0 Å². The Bertz CT molecular complexity index is 4060. The minimum atomic E-state index is -0.557. The van der Waals surface area contributed by atoms with Crippen LogP contribution in [-0.2, 0) is 16.2 Å². The first-order chi connectivity index (χ1) is 36.1. The minimum absolute atomic E-state index is 0.404. The highest BCUT2D eigenvalue weighted by Gasteiger charge is 2.58. The number of nitrogens with zero attached hydrogens (tertiary/aromatic N) is 1. The van der Waals surface area contributed by atoms with E-state index in [1.165, 1.54) is 104 Å². The molecule has 0 bridgehead atoms. The van der Waals surface area contributed by atoms with Crippen molar-refractivity contribution in [3.63, 3.8) is 0 Å². The van der Waals surface area contributed by atoms with Crippen molar-refractivity contribution in [2.24, 2.45) is 4.99 Å². The maximum Gasteiger partial charge on any atom is 0.0729 e. The zero-order chi connectivity index (χ0) is 48.3. The predicted octanol–water partition coefficient (Wildman–Crippen LogP) is 17.8. The van der Waals surface area contributed by atoms with Gasteiger partial charge in [0.2, 0.25) is 0 Å². The van der Waals surface area contributed by atoms with Gasteiger partial charge in [-0.15, -0.1) is 0 Å². The molecule has 73 heavy (non-hydrogen) atoms. The van der Waals surface area contributed by atoms with Gasteiger partial charge in [0.25, 0.3) is 0 Å². The molecule has 11 aromatic rings. The highest BCUT2D eigenvalue weighted by Crippen LogP contribution is 2.67. The number of hydrogen-bond donors (Lipinski definition) is 0. The summed E-state index contributed by atoms with van der Waals surface area (Å²) < 4.78 is 0. The predicted molar refractivity (Wildman–Crippen MR) is 304 cm³/mol. The standard InChI is InChI=1S/C71H49NS/c1-2-41-69(52-38-39-54-50(43-52)36-35-46-19-6-7-24-53(46)54)45-65(72-68(69)47-20-4-3-5-21-47)51-23-18-22-48(42-51)49-37-40-64-67(44-49)73-66-34-17-16-33-63(66)71(64)61-31-14-12-29-59(61)70(60-30-13-15-32-62(60)71)57-27-10-8-25-55(57)56-26-9-11-28-58(56)70/h3-40,42-45H,2,41H2,1H3. The molecular formula is C71H49NS. The fourth-order valence-corrected chi connectivity index (χ4v) is 15.1. The van der Waals surface area contributed by atoms with E-state index in [0.29, 0.717) is 0 Å². The molecule has 2 heterocycles. The lowest BCUT2D eigenvalue weighted by Gasteiger charge is -2.51. The highest BCUT2D eigenvalue weighted by atomic mass is 32.2. The average molecular weight is 948 g/mol. The lowest BCUT2D eigenvalue weighted by molar-refractivity contribution is 0.606. The summed E-state index contributed by atoms with van der Waals surface area (Å²) in [6.07, 6.45) is 4.44. The van der Waals surface area contributed by atoms with Crippen LogP contribution < -0.4 is 0 Å². The van der Waals surface area contributed by atoms with Crippen LogP contribution in [0.3, 0.4) is 0 Å². The molecule has 344 valence electrons. The van der Waals surface area contributed by atoms with Crippen LogP contribution in [0.25, 0.3) is 49.5 Å². The third-order valence-corrected chi connectivity index (χ3v) is 17.9. The Kier molecular flexibility index (Phi) is 9.35. The van der Waals surface area contributed by atoms with E-state index in [1.807, 2.05) is 11.8 Å². The molecule has 0 amide bonds. The molecule has 0 saturated heterocycles. The van der Waals surface area contributed by atoms with Gasteiger partial charge in [0.15, 0.2) is 0 Å². The van der Waals surface area contributed by atoms with Gasteiger partial charge in [-0.3, -0.25) is 4.99 Å². The number of rotatable bonds is 6. The van der Waals surface area contributed by atoms with Crippen molar-refractivity contribution in [1.29, 1.82) is 0 Å². The topological polar surface area (TPSA) is 12.4 Å². The Morgan fingerprint density at radius 2 is 0.904 bits per heavy atom. The summed E-state index contributed by atoms with van der Waals surface area (Å²) in [5.74, 6) is 0. The molecule has 15 rings (SSSR count). The van der Waals surface area contributed by atoms with Crippen molar-refractivity contribution in [3.8, 4) is 22.3 Å². The lowest BCUT2D eigenvalue weighted by atomic mass is 9.51. The molecule has 1 nitrogen and oxygen atoms in total. The lowest BCUT2D eigenvalue weighted by Crippen LogP contribution is -2.45. The van der Waals surface area contributed by atoms with Crippen molar-refractivity contribution < 1.29 is 0 Å². The summed E-state index contributed by atoms with van der Waals surface area (Å²) in [5.41, 5.74) is 20.1. The van der Waals surface area contributed by atoms with Gasteiger partial charge in [0.1, 0.15) is 0 Å². The molecule has 4 aliphatic rings. The maximum atomic E-state index is 5.67. The average Bonchev–Trinajstić information content (AvgIpc) is 4.00. The number of benzene rings is 11. The summed E-state index contributed by atoms with van der Waals surface area (Å²) >= 11 is 1.91. The first-order valence-corrected chi connectivity index (χ1v) is 26.6. The third-order valence-electron chi connectivity index (χ3n) is 16.8. The molecule has 1 atom stereocenters. The first kappa shape index (κ1) is 42.4. The van der Waals surface area contributed by atoms with Crippen LogP contribution >= 0.6 is 11.8 Å². The summed E-state index contributed by atoms with van der Waals surface area (Å²) in [4.78, 5) is 8.24. The molecule has 2 aliphatic heterocycles. The van der Waals surface area contributed by atoms with Crippen molar-refractivity contribution in [2.75, 3.05) is 0 Å². The van der Waals surface area contributed by atoms with Gasteiger partial charge in [-0.1, -0.05) is 250 Å². The Labute approximate surface area is 431 Å². The fraction of sp³-hybridized carbons (Fsp3) is 0.0845. The van der Waals surface area contributed by atoms with Crippen LogP contribution in [0, 0.1) is 0 Å². The minimum Gasteiger partial charge on any atom is -0.251 e. The van der Waals surface area contributed by atoms with E-state index in [0.717, 1.165) is 35.4 Å². The molecule has 0 radical (unpaired) electrons. The normalized spacial score (nSPS) is 17.1. The summed E-state index contributed by atoms with van der Waals surface area (Å²) in [6, 6.07) is 93.9. The van der Waals surface area contributed by atoms with E-state index >= 15 is 0 Å². The van der Waals surface area contributed by atoms with Crippen LogP contribution in [0.1, 0.15) is 81.0 Å². The molecule has 2 heteroatoms. The molecule has 2 spiro atoms. The number of allylic oxidation sites excluding steroid dienone is 1. The zero-order valence-electron chi connectivity index (χ0n) is 40.5. The van der Waals surface area contributed by atoms with E-state index < -0.39 is 16.2 Å². The molecule has 1 unspecified atom stereocenters. The molecule has 2 aliphatic carbocycles. The van der Waals surface area contributed by atoms with Crippen LogP contribution in [0.15, 0.2) is 270 Å². The van der Waals surface area contributed by atoms with Gasteiger partial charge >= 0.3 is 0 Å². The molecule has 0 N–H and O–H groups in total. The molecule has 0 fully saturated rings. The molecule has 11 aromatic carbocycles. The van der Waals surface area contributed by atoms with Gasteiger partial charge in [0.05, 0.1) is 27.7 Å². The Balaban J connectivity index is 0.895. The van der Waals surface area contributed by atoms with E-state index in [9.17, 15) is 0 Å². The van der Waals surface area contributed by atoms with Crippen molar-refractivity contribution in [2.45, 2.75) is 45.8 Å².